The van der Waals surface area contributed by atoms with Crippen LogP contribution < -0.4 is 5.73 Å². The van der Waals surface area contributed by atoms with E-state index in [1.165, 1.54) is 10.4 Å². The van der Waals surface area contributed by atoms with Crippen LogP contribution in [-0.4, -0.2) is 0 Å². The van der Waals surface area contributed by atoms with Crippen molar-refractivity contribution >= 4 is 50.2 Å². The van der Waals surface area contributed by atoms with E-state index < -0.39 is 0 Å². The van der Waals surface area contributed by atoms with Gasteiger partial charge in [0.15, 0.2) is 0 Å². The molecule has 15 heavy (non-hydrogen) atoms. The average molecular weight is 323 g/mol. The van der Waals surface area contributed by atoms with Crippen LogP contribution in [0.2, 0.25) is 4.34 Å². The maximum absolute atomic E-state index is 6.10. The fourth-order valence-electron chi connectivity index (χ4n) is 1.31. The van der Waals surface area contributed by atoms with Crippen LogP contribution in [-0.2, 0) is 6.42 Å². The first-order valence-electron chi connectivity index (χ1n) is 4.39. The molecule has 0 spiro atoms. The zero-order chi connectivity index (χ0) is 10.8. The molecule has 0 aromatic carbocycles. The molecule has 0 bridgehead atoms. The van der Waals surface area contributed by atoms with Crippen molar-refractivity contribution in [2.24, 2.45) is 5.73 Å². The van der Waals surface area contributed by atoms with Crippen molar-refractivity contribution in [2.45, 2.75) is 12.5 Å². The summed E-state index contributed by atoms with van der Waals surface area (Å²) in [6.07, 6.45) is 0.848. The molecule has 5 heteroatoms. The second-order valence-corrected chi connectivity index (χ2v) is 7.29. The van der Waals surface area contributed by atoms with Crippen molar-refractivity contribution in [1.82, 2.24) is 0 Å². The third-order valence-electron chi connectivity index (χ3n) is 2.07. The van der Waals surface area contributed by atoms with Gasteiger partial charge in [-0.3, -0.25) is 0 Å². The van der Waals surface area contributed by atoms with Gasteiger partial charge >= 0.3 is 0 Å². The lowest BCUT2D eigenvalue weighted by Crippen LogP contribution is -2.11. The van der Waals surface area contributed by atoms with Gasteiger partial charge in [0, 0.05) is 17.3 Å². The highest BCUT2D eigenvalue weighted by atomic mass is 79.9. The number of hydrogen-bond donors (Lipinski definition) is 1. The Bertz CT molecular complexity index is 452. The van der Waals surface area contributed by atoms with Crippen molar-refractivity contribution in [3.63, 3.8) is 0 Å². The van der Waals surface area contributed by atoms with E-state index in [1.54, 1.807) is 22.7 Å². The van der Waals surface area contributed by atoms with Crippen LogP contribution in [0.3, 0.4) is 0 Å². The topological polar surface area (TPSA) is 26.0 Å². The fourth-order valence-corrected chi connectivity index (χ4v) is 3.70. The lowest BCUT2D eigenvalue weighted by Gasteiger charge is -2.07. The molecule has 0 saturated heterocycles. The molecule has 0 aliphatic carbocycles. The maximum Gasteiger partial charge on any atom is 0.0931 e. The predicted octanol–water partition coefficient (Wildman–Crippen LogP) is 4.47. The quantitative estimate of drug-likeness (QED) is 0.886. The molecule has 0 saturated carbocycles. The van der Waals surface area contributed by atoms with Crippen molar-refractivity contribution in [3.8, 4) is 0 Å². The second-order valence-electron chi connectivity index (χ2n) is 3.20. The number of rotatable bonds is 3. The lowest BCUT2D eigenvalue weighted by molar-refractivity contribution is 0.733. The summed E-state index contributed by atoms with van der Waals surface area (Å²) >= 11 is 12.6. The van der Waals surface area contributed by atoms with Crippen LogP contribution in [0.15, 0.2) is 27.4 Å². The summed E-state index contributed by atoms with van der Waals surface area (Å²) < 4.78 is 1.95. The molecular formula is C10H9BrClNS2. The number of thiophene rings is 2. The molecular weight excluding hydrogens is 314 g/mol. The van der Waals surface area contributed by atoms with Gasteiger partial charge in [0.1, 0.15) is 0 Å². The third kappa shape index (κ3) is 3.04. The van der Waals surface area contributed by atoms with Gasteiger partial charge in [-0.1, -0.05) is 11.6 Å². The van der Waals surface area contributed by atoms with Crippen molar-refractivity contribution in [3.05, 3.63) is 42.1 Å². The molecule has 2 heterocycles. The van der Waals surface area contributed by atoms with E-state index >= 15 is 0 Å². The van der Waals surface area contributed by atoms with Crippen molar-refractivity contribution < 1.29 is 0 Å². The highest BCUT2D eigenvalue weighted by Gasteiger charge is 2.10. The second kappa shape index (κ2) is 4.97. The largest absolute Gasteiger partial charge is 0.324 e. The van der Waals surface area contributed by atoms with Crippen molar-refractivity contribution in [1.29, 1.82) is 0 Å². The first-order chi connectivity index (χ1) is 7.15. The summed E-state index contributed by atoms with van der Waals surface area (Å²) in [6.45, 7) is 0. The van der Waals surface area contributed by atoms with Crippen LogP contribution in [0.5, 0.6) is 0 Å². The molecule has 2 rings (SSSR count). The summed E-state index contributed by atoms with van der Waals surface area (Å²) in [5.41, 5.74) is 7.28. The van der Waals surface area contributed by atoms with Crippen LogP contribution in [0.4, 0.5) is 0 Å². The number of nitrogens with two attached hydrogens (primary N) is 1. The van der Waals surface area contributed by atoms with Gasteiger partial charge in [0.25, 0.3) is 0 Å². The molecule has 1 unspecified atom stereocenters. The predicted molar refractivity (Wildman–Crippen MR) is 72.0 cm³/mol. The molecule has 0 fully saturated rings. The molecule has 1 nitrogen and oxygen atoms in total. The average Bonchev–Trinajstić information content (AvgIpc) is 2.75. The molecule has 2 aromatic heterocycles. The Morgan fingerprint density at radius 3 is 2.80 bits per heavy atom. The number of hydrogen-bond acceptors (Lipinski definition) is 3. The van der Waals surface area contributed by atoms with E-state index in [1.807, 2.05) is 12.1 Å². The van der Waals surface area contributed by atoms with E-state index in [-0.39, 0.29) is 6.04 Å². The van der Waals surface area contributed by atoms with Crippen molar-refractivity contribution in [2.75, 3.05) is 0 Å². The molecule has 0 aliphatic heterocycles. The zero-order valence-corrected chi connectivity index (χ0v) is 11.7. The Labute approximate surface area is 110 Å². The molecule has 0 radical (unpaired) electrons. The van der Waals surface area contributed by atoms with E-state index in [9.17, 15) is 0 Å². The molecule has 1 atom stereocenters. The van der Waals surface area contributed by atoms with Gasteiger partial charge in [-0.05, 0) is 45.1 Å². The minimum Gasteiger partial charge on any atom is -0.324 e. The minimum absolute atomic E-state index is 0.0577. The fraction of sp³-hybridized carbons (Fsp3) is 0.200. The molecule has 0 amide bonds. The summed E-state index contributed by atoms with van der Waals surface area (Å²) in [6, 6.07) is 6.08. The zero-order valence-electron chi connectivity index (χ0n) is 7.74. The Morgan fingerprint density at radius 1 is 1.47 bits per heavy atom. The lowest BCUT2D eigenvalue weighted by atomic mass is 10.1. The first kappa shape index (κ1) is 11.6. The monoisotopic (exact) mass is 321 g/mol. The Hall–Kier alpha value is 0.130. The molecule has 2 aromatic rings. The van der Waals surface area contributed by atoms with Crippen LogP contribution >= 0.6 is 50.2 Å². The summed E-state index contributed by atoms with van der Waals surface area (Å²) in [5.74, 6) is 0. The third-order valence-corrected chi connectivity index (χ3v) is 4.84. The molecule has 0 aliphatic rings. The van der Waals surface area contributed by atoms with E-state index in [4.69, 9.17) is 17.3 Å². The van der Waals surface area contributed by atoms with Crippen LogP contribution in [0.1, 0.15) is 16.5 Å². The Kier molecular flexibility index (Phi) is 3.85. The van der Waals surface area contributed by atoms with Gasteiger partial charge in [0.05, 0.1) is 8.12 Å². The standard InChI is InChI=1S/C10H9BrClNS2/c11-9-3-6(5-14-9)8(13)4-7-1-2-10(12)15-7/h1-3,5,8H,4,13H2. The number of halogens is 2. The van der Waals surface area contributed by atoms with Gasteiger partial charge in [-0.25, -0.2) is 0 Å². The van der Waals surface area contributed by atoms with Gasteiger partial charge < -0.3 is 5.73 Å². The normalized spacial score (nSPS) is 13.0. The highest BCUT2D eigenvalue weighted by molar-refractivity contribution is 9.11. The van der Waals surface area contributed by atoms with E-state index in [0.717, 1.165) is 14.5 Å². The van der Waals surface area contributed by atoms with E-state index in [2.05, 4.69) is 27.4 Å². The SMILES string of the molecule is NC(Cc1ccc(Cl)s1)c1csc(Br)c1. The van der Waals surface area contributed by atoms with E-state index in [0.29, 0.717) is 0 Å². The Balaban J connectivity index is 2.06. The summed E-state index contributed by atoms with van der Waals surface area (Å²) in [5, 5.41) is 2.09. The molecule has 80 valence electrons. The van der Waals surface area contributed by atoms with Crippen LogP contribution in [0.25, 0.3) is 0 Å². The van der Waals surface area contributed by atoms with Crippen LogP contribution in [0, 0.1) is 0 Å². The Morgan fingerprint density at radius 2 is 2.27 bits per heavy atom. The minimum atomic E-state index is 0.0577. The summed E-state index contributed by atoms with van der Waals surface area (Å²) in [7, 11) is 0. The summed E-state index contributed by atoms with van der Waals surface area (Å²) in [4.78, 5) is 1.23. The van der Waals surface area contributed by atoms with Gasteiger partial charge in [0.2, 0.25) is 0 Å². The van der Waals surface area contributed by atoms with Gasteiger partial charge in [-0.2, -0.15) is 0 Å². The van der Waals surface area contributed by atoms with Gasteiger partial charge in [-0.15, -0.1) is 22.7 Å². The maximum atomic E-state index is 6.10. The molecule has 2 N–H and O–H groups in total. The first-order valence-corrected chi connectivity index (χ1v) is 7.25. The smallest absolute Gasteiger partial charge is 0.0931 e. The highest BCUT2D eigenvalue weighted by Crippen LogP contribution is 2.29.